The fourth-order valence-corrected chi connectivity index (χ4v) is 2.02. The number of anilines is 1. The summed E-state index contributed by atoms with van der Waals surface area (Å²) in [6.45, 7) is 2.68. The molecule has 0 amide bonds. The van der Waals surface area contributed by atoms with E-state index in [0.29, 0.717) is 23.4 Å². The van der Waals surface area contributed by atoms with Gasteiger partial charge in [0.05, 0.1) is 18.3 Å². The van der Waals surface area contributed by atoms with Crippen molar-refractivity contribution in [1.29, 1.82) is 0 Å². The van der Waals surface area contributed by atoms with Gasteiger partial charge in [-0.25, -0.2) is 9.97 Å². The molecule has 0 saturated carbocycles. The number of fused-ring (bicyclic) bond motifs is 1. The van der Waals surface area contributed by atoms with Gasteiger partial charge in [-0.15, -0.1) is 0 Å². The quantitative estimate of drug-likeness (QED) is 0.796. The molecule has 2 heterocycles. The van der Waals surface area contributed by atoms with E-state index in [-0.39, 0.29) is 5.92 Å². The number of nitrogens with zero attached hydrogens (tertiary/aromatic N) is 3. The first-order valence-corrected chi connectivity index (χ1v) is 6.67. The Morgan fingerprint density at radius 1 is 1.25 bits per heavy atom. The SMILES string of the molecule is C[C@H](CNc1cncc(Cl)n1)c1nc2ccccc2o1. The largest absolute Gasteiger partial charge is 0.440 e. The molecule has 20 heavy (non-hydrogen) atoms. The molecule has 0 aliphatic heterocycles. The van der Waals surface area contributed by atoms with Gasteiger partial charge in [-0.2, -0.15) is 0 Å². The van der Waals surface area contributed by atoms with Crippen LogP contribution in [0.2, 0.25) is 5.15 Å². The van der Waals surface area contributed by atoms with Crippen LogP contribution in [0.4, 0.5) is 5.82 Å². The molecule has 0 saturated heterocycles. The standard InChI is InChI=1S/C14H13ClN4O/c1-9(6-17-13-8-16-7-12(15)19-13)14-18-10-4-2-3-5-11(10)20-14/h2-5,7-9H,6H2,1H3,(H,17,19)/t9-/m1/s1. The minimum Gasteiger partial charge on any atom is -0.440 e. The fourth-order valence-electron chi connectivity index (χ4n) is 1.87. The number of rotatable bonds is 4. The van der Waals surface area contributed by atoms with Gasteiger partial charge in [0, 0.05) is 6.54 Å². The summed E-state index contributed by atoms with van der Waals surface area (Å²) in [5, 5.41) is 3.54. The highest BCUT2D eigenvalue weighted by Crippen LogP contribution is 2.21. The number of hydrogen-bond donors (Lipinski definition) is 1. The Balaban J connectivity index is 1.71. The first-order chi connectivity index (χ1) is 9.72. The third kappa shape index (κ3) is 2.72. The van der Waals surface area contributed by atoms with Gasteiger partial charge >= 0.3 is 0 Å². The molecule has 0 spiro atoms. The molecule has 5 nitrogen and oxygen atoms in total. The molecule has 0 bridgehead atoms. The van der Waals surface area contributed by atoms with Crippen molar-refractivity contribution >= 4 is 28.5 Å². The van der Waals surface area contributed by atoms with Crippen LogP contribution in [0.3, 0.4) is 0 Å². The van der Waals surface area contributed by atoms with Gasteiger partial charge in [0.25, 0.3) is 0 Å². The van der Waals surface area contributed by atoms with Crippen LogP contribution in [0.5, 0.6) is 0 Å². The van der Waals surface area contributed by atoms with Crippen LogP contribution in [0, 0.1) is 0 Å². The zero-order valence-electron chi connectivity index (χ0n) is 10.9. The first kappa shape index (κ1) is 12.9. The van der Waals surface area contributed by atoms with Crippen LogP contribution in [0.1, 0.15) is 18.7 Å². The molecule has 102 valence electrons. The van der Waals surface area contributed by atoms with Gasteiger partial charge in [-0.3, -0.25) is 4.98 Å². The zero-order chi connectivity index (χ0) is 13.9. The van der Waals surface area contributed by atoms with Gasteiger partial charge in [-0.05, 0) is 12.1 Å². The smallest absolute Gasteiger partial charge is 0.200 e. The highest BCUT2D eigenvalue weighted by Gasteiger charge is 2.13. The van der Waals surface area contributed by atoms with E-state index >= 15 is 0 Å². The highest BCUT2D eigenvalue weighted by atomic mass is 35.5. The number of hydrogen-bond acceptors (Lipinski definition) is 5. The Kier molecular flexibility index (Phi) is 3.52. The summed E-state index contributed by atoms with van der Waals surface area (Å²) in [6.07, 6.45) is 3.13. The van der Waals surface area contributed by atoms with Gasteiger partial charge in [0.2, 0.25) is 0 Å². The zero-order valence-corrected chi connectivity index (χ0v) is 11.6. The second-order valence-corrected chi connectivity index (χ2v) is 4.92. The topological polar surface area (TPSA) is 63.8 Å². The number of oxazole rings is 1. The van der Waals surface area contributed by atoms with Crippen molar-refractivity contribution in [1.82, 2.24) is 15.0 Å². The van der Waals surface area contributed by atoms with Crippen molar-refractivity contribution in [3.63, 3.8) is 0 Å². The molecule has 0 fully saturated rings. The predicted octanol–water partition coefficient (Wildman–Crippen LogP) is 3.49. The fraction of sp³-hybridized carbons (Fsp3) is 0.214. The lowest BCUT2D eigenvalue weighted by atomic mass is 10.2. The average Bonchev–Trinajstić information content (AvgIpc) is 2.89. The lowest BCUT2D eigenvalue weighted by Gasteiger charge is -2.09. The summed E-state index contributed by atoms with van der Waals surface area (Å²) in [7, 11) is 0. The Morgan fingerprint density at radius 3 is 2.90 bits per heavy atom. The molecule has 1 N–H and O–H groups in total. The van der Waals surface area contributed by atoms with E-state index in [1.54, 1.807) is 6.20 Å². The maximum atomic E-state index is 5.79. The molecule has 0 radical (unpaired) electrons. The van der Waals surface area contributed by atoms with Crippen LogP contribution >= 0.6 is 11.6 Å². The normalized spacial score (nSPS) is 12.5. The van der Waals surface area contributed by atoms with Crippen molar-refractivity contribution in [3.05, 3.63) is 47.7 Å². The number of halogens is 1. The molecule has 6 heteroatoms. The molecular formula is C14H13ClN4O. The van der Waals surface area contributed by atoms with Crippen LogP contribution in [-0.2, 0) is 0 Å². The Morgan fingerprint density at radius 2 is 2.10 bits per heavy atom. The Labute approximate surface area is 121 Å². The number of benzene rings is 1. The van der Waals surface area contributed by atoms with E-state index in [4.69, 9.17) is 16.0 Å². The molecule has 0 unspecified atom stereocenters. The summed E-state index contributed by atoms with van der Waals surface area (Å²) in [6, 6.07) is 7.72. The van der Waals surface area contributed by atoms with Crippen molar-refractivity contribution < 1.29 is 4.42 Å². The molecule has 0 aliphatic carbocycles. The van der Waals surface area contributed by atoms with E-state index in [0.717, 1.165) is 11.1 Å². The monoisotopic (exact) mass is 288 g/mol. The summed E-state index contributed by atoms with van der Waals surface area (Å²) < 4.78 is 5.73. The van der Waals surface area contributed by atoms with Crippen molar-refractivity contribution in [2.45, 2.75) is 12.8 Å². The number of para-hydroxylation sites is 2. The predicted molar refractivity (Wildman–Crippen MR) is 78.0 cm³/mol. The first-order valence-electron chi connectivity index (χ1n) is 6.29. The summed E-state index contributed by atoms with van der Waals surface area (Å²) in [4.78, 5) is 12.6. The minimum absolute atomic E-state index is 0.114. The summed E-state index contributed by atoms with van der Waals surface area (Å²) >= 11 is 5.79. The van der Waals surface area contributed by atoms with E-state index in [1.807, 2.05) is 31.2 Å². The second-order valence-electron chi connectivity index (χ2n) is 4.53. The van der Waals surface area contributed by atoms with Gasteiger partial charge in [0.1, 0.15) is 16.5 Å². The third-order valence-corrected chi connectivity index (χ3v) is 3.11. The van der Waals surface area contributed by atoms with Crippen LogP contribution in [0.25, 0.3) is 11.1 Å². The van der Waals surface area contributed by atoms with Crippen LogP contribution in [0.15, 0.2) is 41.1 Å². The number of aromatic nitrogens is 3. The summed E-state index contributed by atoms with van der Waals surface area (Å²) in [5.41, 5.74) is 1.67. The molecular weight excluding hydrogens is 276 g/mol. The van der Waals surface area contributed by atoms with Gasteiger partial charge < -0.3 is 9.73 Å². The van der Waals surface area contributed by atoms with Crippen molar-refractivity contribution in [3.8, 4) is 0 Å². The average molecular weight is 289 g/mol. The maximum Gasteiger partial charge on any atom is 0.200 e. The molecule has 1 atom stereocenters. The Bertz CT molecular complexity index is 695. The molecule has 3 aromatic rings. The third-order valence-electron chi connectivity index (χ3n) is 2.93. The van der Waals surface area contributed by atoms with Crippen molar-refractivity contribution in [2.75, 3.05) is 11.9 Å². The molecule has 2 aromatic heterocycles. The van der Waals surface area contributed by atoms with E-state index in [2.05, 4.69) is 20.3 Å². The summed E-state index contributed by atoms with van der Waals surface area (Å²) in [5.74, 6) is 1.46. The van der Waals surface area contributed by atoms with E-state index in [1.165, 1.54) is 6.20 Å². The van der Waals surface area contributed by atoms with E-state index < -0.39 is 0 Å². The lowest BCUT2D eigenvalue weighted by molar-refractivity contribution is 0.494. The second kappa shape index (κ2) is 5.46. The molecule has 3 rings (SSSR count). The molecule has 0 aliphatic rings. The van der Waals surface area contributed by atoms with Crippen LogP contribution in [-0.4, -0.2) is 21.5 Å². The number of nitrogens with one attached hydrogen (secondary N) is 1. The molecule has 1 aromatic carbocycles. The van der Waals surface area contributed by atoms with Gasteiger partial charge in [-0.1, -0.05) is 30.7 Å². The highest BCUT2D eigenvalue weighted by molar-refractivity contribution is 6.29. The maximum absolute atomic E-state index is 5.79. The minimum atomic E-state index is 0.114. The van der Waals surface area contributed by atoms with Crippen molar-refractivity contribution in [2.24, 2.45) is 0 Å². The Hall–Kier alpha value is -2.14. The van der Waals surface area contributed by atoms with Gasteiger partial charge in [0.15, 0.2) is 11.5 Å². The lowest BCUT2D eigenvalue weighted by Crippen LogP contribution is -2.11. The van der Waals surface area contributed by atoms with Crippen LogP contribution < -0.4 is 5.32 Å². The van der Waals surface area contributed by atoms with E-state index in [9.17, 15) is 0 Å².